The van der Waals surface area contributed by atoms with Crippen molar-refractivity contribution in [3.05, 3.63) is 106 Å². The third-order valence-corrected chi connectivity index (χ3v) is 7.29. The van der Waals surface area contributed by atoms with Gasteiger partial charge in [0.2, 0.25) is 11.8 Å². The number of likely N-dealkylation sites (N-methyl/N-ethyl adjacent to an activating group) is 1. The zero-order valence-electron chi connectivity index (χ0n) is 21.9. The molecule has 5 rings (SSSR count). The Hall–Kier alpha value is -4.33. The third kappa shape index (κ3) is 5.96. The molecule has 0 spiro atoms. The van der Waals surface area contributed by atoms with Crippen LogP contribution in [0.15, 0.2) is 79.0 Å². The average Bonchev–Trinajstić information content (AvgIpc) is 3.42. The summed E-state index contributed by atoms with van der Waals surface area (Å²) in [6, 6.07) is 20.7. The predicted molar refractivity (Wildman–Crippen MR) is 161 cm³/mol. The Morgan fingerprint density at radius 1 is 1.05 bits per heavy atom. The number of carbonyl (C=O) groups excluding carboxylic acids is 2. The minimum absolute atomic E-state index is 0.0817. The van der Waals surface area contributed by atoms with E-state index < -0.39 is 0 Å². The molecule has 0 bridgehead atoms. The van der Waals surface area contributed by atoms with Crippen LogP contribution in [0.5, 0.6) is 5.75 Å². The summed E-state index contributed by atoms with van der Waals surface area (Å²) in [7, 11) is 1.59. The highest BCUT2D eigenvalue weighted by Crippen LogP contribution is 2.35. The van der Waals surface area contributed by atoms with E-state index in [2.05, 4.69) is 15.3 Å². The molecule has 9 heteroatoms. The van der Waals surface area contributed by atoms with Gasteiger partial charge < -0.3 is 19.9 Å². The molecule has 0 radical (unpaired) electrons. The highest BCUT2D eigenvalue weighted by molar-refractivity contribution is 6.38. The molecule has 2 amide bonds. The lowest BCUT2D eigenvalue weighted by molar-refractivity contribution is -0.122. The van der Waals surface area contributed by atoms with Gasteiger partial charge in [0.05, 0.1) is 17.3 Å². The molecular formula is C31H26Cl2N4O3. The van der Waals surface area contributed by atoms with Crippen molar-refractivity contribution in [1.82, 2.24) is 15.3 Å². The zero-order valence-corrected chi connectivity index (χ0v) is 23.4. The smallest absolute Gasteiger partial charge is 0.246 e. The van der Waals surface area contributed by atoms with Crippen molar-refractivity contribution in [2.24, 2.45) is 0 Å². The first-order chi connectivity index (χ1) is 19.3. The van der Waals surface area contributed by atoms with Crippen LogP contribution in [0.4, 0.5) is 5.69 Å². The van der Waals surface area contributed by atoms with Crippen LogP contribution in [0.2, 0.25) is 10.0 Å². The number of halogens is 2. The Bertz CT molecular complexity index is 1760. The van der Waals surface area contributed by atoms with E-state index in [4.69, 9.17) is 27.9 Å². The van der Waals surface area contributed by atoms with Crippen LogP contribution in [0.3, 0.4) is 0 Å². The van der Waals surface area contributed by atoms with E-state index in [0.29, 0.717) is 27.0 Å². The van der Waals surface area contributed by atoms with Crippen molar-refractivity contribution < 1.29 is 14.3 Å². The number of nitrogens with one attached hydrogen (secondary N) is 2. The Labute approximate surface area is 241 Å². The van der Waals surface area contributed by atoms with Crippen LogP contribution < -0.4 is 15.0 Å². The number of nitrogens with zero attached hydrogens (tertiary/aromatic N) is 2. The Kier molecular flexibility index (Phi) is 8.05. The topological polar surface area (TPSA) is 87.3 Å². The number of benzene rings is 3. The minimum Gasteiger partial charge on any atom is -0.487 e. The molecule has 0 saturated heterocycles. The first-order valence-electron chi connectivity index (χ1n) is 12.6. The number of aromatic nitrogens is 2. The lowest BCUT2D eigenvalue weighted by atomic mass is 10.1. The monoisotopic (exact) mass is 572 g/mol. The number of rotatable bonds is 8. The molecule has 3 aromatic carbocycles. The Balaban J connectivity index is 1.23. The number of anilines is 1. The second-order valence-electron chi connectivity index (χ2n) is 9.26. The summed E-state index contributed by atoms with van der Waals surface area (Å²) in [5, 5.41) is 5.33. The predicted octanol–water partition coefficient (Wildman–Crippen LogP) is 6.70. The SMILES string of the molecule is Cc1ccc2cccc(OCc3c(Cl)ccc(N(C)C(=O)CNC(=O)C=Cc4ccc5[nH]ccc5c4)c3Cl)c2n1. The number of ether oxygens (including phenoxy) is 1. The molecule has 7 nitrogen and oxygen atoms in total. The number of pyridine rings is 1. The summed E-state index contributed by atoms with van der Waals surface area (Å²) in [6.45, 7) is 1.80. The van der Waals surface area contributed by atoms with Gasteiger partial charge in [0.25, 0.3) is 0 Å². The largest absolute Gasteiger partial charge is 0.487 e. The maximum atomic E-state index is 12.9. The number of fused-ring (bicyclic) bond motifs is 2. The highest BCUT2D eigenvalue weighted by atomic mass is 35.5. The number of amides is 2. The number of carbonyl (C=O) groups is 2. The molecule has 202 valence electrons. The molecule has 2 aromatic heterocycles. The van der Waals surface area contributed by atoms with Crippen LogP contribution in [0.1, 0.15) is 16.8 Å². The summed E-state index contributed by atoms with van der Waals surface area (Å²) in [5.74, 6) is -0.126. The Morgan fingerprint density at radius 3 is 2.75 bits per heavy atom. The molecule has 0 aliphatic rings. The summed E-state index contributed by atoms with van der Waals surface area (Å²) >= 11 is 13.2. The van der Waals surface area contributed by atoms with E-state index >= 15 is 0 Å². The quantitative estimate of drug-likeness (QED) is 0.202. The average molecular weight is 573 g/mol. The van der Waals surface area contributed by atoms with Crippen LogP contribution in [-0.2, 0) is 16.2 Å². The molecule has 2 N–H and O–H groups in total. The van der Waals surface area contributed by atoms with Gasteiger partial charge in [-0.25, -0.2) is 4.98 Å². The lowest BCUT2D eigenvalue weighted by Crippen LogP contribution is -2.37. The highest BCUT2D eigenvalue weighted by Gasteiger charge is 2.19. The van der Waals surface area contributed by atoms with E-state index in [1.165, 1.54) is 11.0 Å². The molecule has 0 aliphatic carbocycles. The summed E-state index contributed by atoms with van der Waals surface area (Å²) in [6.07, 6.45) is 4.96. The molecule has 0 unspecified atom stereocenters. The van der Waals surface area contributed by atoms with Crippen LogP contribution >= 0.6 is 23.2 Å². The van der Waals surface area contributed by atoms with E-state index in [-0.39, 0.29) is 25.0 Å². The van der Waals surface area contributed by atoms with Gasteiger partial charge in [-0.15, -0.1) is 0 Å². The van der Waals surface area contributed by atoms with Crippen molar-refractivity contribution >= 4 is 68.6 Å². The van der Waals surface area contributed by atoms with Gasteiger partial charge in [-0.2, -0.15) is 0 Å². The minimum atomic E-state index is -0.383. The number of aromatic amines is 1. The molecule has 40 heavy (non-hydrogen) atoms. The number of hydrogen-bond acceptors (Lipinski definition) is 4. The van der Waals surface area contributed by atoms with Gasteiger partial charge >= 0.3 is 0 Å². The summed E-state index contributed by atoms with van der Waals surface area (Å²) < 4.78 is 6.08. The number of para-hydroxylation sites is 1. The number of hydrogen-bond donors (Lipinski definition) is 2. The fourth-order valence-electron chi connectivity index (χ4n) is 4.28. The van der Waals surface area contributed by atoms with Gasteiger partial charge in [0.1, 0.15) is 17.9 Å². The second-order valence-corrected chi connectivity index (χ2v) is 10.0. The molecule has 0 fully saturated rings. The first kappa shape index (κ1) is 27.2. The van der Waals surface area contributed by atoms with Gasteiger partial charge in [0.15, 0.2) is 0 Å². The van der Waals surface area contributed by atoms with E-state index in [1.54, 1.807) is 25.3 Å². The van der Waals surface area contributed by atoms with Gasteiger partial charge in [-0.1, -0.05) is 47.5 Å². The Morgan fingerprint density at radius 2 is 1.90 bits per heavy atom. The lowest BCUT2D eigenvalue weighted by Gasteiger charge is -2.21. The van der Waals surface area contributed by atoms with E-state index in [0.717, 1.165) is 33.1 Å². The standard InChI is InChI=1S/C31H26Cl2N4O3/c1-19-6-9-21-4-3-5-27(31(21)36-19)40-18-23-24(32)10-12-26(30(23)33)37(2)29(39)17-35-28(38)13-8-20-7-11-25-22(16-20)14-15-34-25/h3-16,34H,17-18H2,1-2H3,(H,35,38). The number of aryl methyl sites for hydroxylation is 1. The molecule has 2 heterocycles. The maximum Gasteiger partial charge on any atom is 0.246 e. The van der Waals surface area contributed by atoms with Crippen molar-refractivity contribution in [3.63, 3.8) is 0 Å². The van der Waals surface area contributed by atoms with Crippen LogP contribution in [0, 0.1) is 6.92 Å². The normalized spacial score (nSPS) is 11.3. The fraction of sp³-hybridized carbons (Fsp3) is 0.129. The number of H-pyrrole nitrogens is 1. The van der Waals surface area contributed by atoms with Gasteiger partial charge in [-0.05, 0) is 66.4 Å². The van der Waals surface area contributed by atoms with E-state index in [9.17, 15) is 9.59 Å². The van der Waals surface area contributed by atoms with Crippen molar-refractivity contribution in [2.75, 3.05) is 18.5 Å². The summed E-state index contributed by atoms with van der Waals surface area (Å²) in [5.41, 5.74) is 4.51. The van der Waals surface area contributed by atoms with Crippen molar-refractivity contribution in [2.45, 2.75) is 13.5 Å². The maximum absolute atomic E-state index is 12.9. The molecule has 0 atom stereocenters. The van der Waals surface area contributed by atoms with E-state index in [1.807, 2.05) is 67.7 Å². The van der Waals surface area contributed by atoms with Gasteiger partial charge in [0, 0.05) is 46.5 Å². The fourth-order valence-corrected chi connectivity index (χ4v) is 4.89. The van der Waals surface area contributed by atoms with Crippen LogP contribution in [0.25, 0.3) is 27.9 Å². The third-order valence-electron chi connectivity index (χ3n) is 6.51. The second kappa shape index (κ2) is 11.8. The van der Waals surface area contributed by atoms with Gasteiger partial charge in [-0.3, -0.25) is 9.59 Å². The van der Waals surface area contributed by atoms with Crippen molar-refractivity contribution in [3.8, 4) is 5.75 Å². The molecule has 0 saturated carbocycles. The zero-order chi connectivity index (χ0) is 28.2. The first-order valence-corrected chi connectivity index (χ1v) is 13.3. The summed E-state index contributed by atoms with van der Waals surface area (Å²) in [4.78, 5) is 34.4. The molecule has 5 aromatic rings. The van der Waals surface area contributed by atoms with Crippen LogP contribution in [-0.4, -0.2) is 35.4 Å². The molecular weight excluding hydrogens is 547 g/mol. The molecule has 0 aliphatic heterocycles. The van der Waals surface area contributed by atoms with Crippen molar-refractivity contribution in [1.29, 1.82) is 0 Å².